The van der Waals surface area contributed by atoms with Gasteiger partial charge in [0.15, 0.2) is 0 Å². The van der Waals surface area contributed by atoms with Gasteiger partial charge in [-0.25, -0.2) is 0 Å². The van der Waals surface area contributed by atoms with Crippen LogP contribution in [0.15, 0.2) is 24.3 Å². The van der Waals surface area contributed by atoms with Gasteiger partial charge in [0.1, 0.15) is 0 Å². The average Bonchev–Trinajstić information content (AvgIpc) is 2.98. The third-order valence-corrected chi connectivity index (χ3v) is 8.21. The van der Waals surface area contributed by atoms with Crippen LogP contribution < -0.4 is 0 Å². The van der Waals surface area contributed by atoms with Gasteiger partial charge in [-0.2, -0.15) is 0 Å². The zero-order valence-corrected chi connectivity index (χ0v) is 28.6. The van der Waals surface area contributed by atoms with Crippen LogP contribution in [-0.2, 0) is 9.47 Å². The summed E-state index contributed by atoms with van der Waals surface area (Å²) in [6, 6.07) is 0. The van der Waals surface area contributed by atoms with E-state index in [1.165, 1.54) is 180 Å². The Morgan fingerprint density at radius 2 is 0.707 bits per heavy atom. The highest BCUT2D eigenvalue weighted by atomic mass is 16.5. The van der Waals surface area contributed by atoms with Crippen molar-refractivity contribution in [2.24, 2.45) is 0 Å². The molecule has 0 amide bonds. The quantitative estimate of drug-likeness (QED) is 0.0552. The molecule has 2 nitrogen and oxygen atoms in total. The largest absolute Gasteiger partial charge is 0.379 e. The van der Waals surface area contributed by atoms with Crippen LogP contribution in [0.1, 0.15) is 201 Å². The lowest BCUT2D eigenvalue weighted by Crippen LogP contribution is -2.17. The molecule has 0 fully saturated rings. The Bertz CT molecular complexity index is 512. The third kappa shape index (κ3) is 37.4. The van der Waals surface area contributed by atoms with Crippen molar-refractivity contribution < 1.29 is 9.47 Å². The van der Waals surface area contributed by atoms with E-state index < -0.39 is 0 Å². The maximum absolute atomic E-state index is 5.95. The molecule has 41 heavy (non-hydrogen) atoms. The van der Waals surface area contributed by atoms with Crippen LogP contribution in [0.5, 0.6) is 0 Å². The minimum Gasteiger partial charge on any atom is -0.379 e. The van der Waals surface area contributed by atoms with Gasteiger partial charge in [0.25, 0.3) is 0 Å². The van der Waals surface area contributed by atoms with Crippen molar-refractivity contribution in [3.8, 4) is 0 Å². The molecule has 0 aliphatic carbocycles. The van der Waals surface area contributed by atoms with E-state index in [2.05, 4.69) is 45.1 Å². The molecule has 0 aromatic rings. The summed E-state index contributed by atoms with van der Waals surface area (Å²) < 4.78 is 11.8. The number of unbranched alkanes of at least 4 members (excludes halogenated alkanes) is 24. The monoisotopic (exact) mass is 577 g/mol. The molecule has 0 bridgehead atoms. The molecule has 0 heterocycles. The first-order chi connectivity index (χ1) is 20.3. The molecule has 0 aliphatic heterocycles. The van der Waals surface area contributed by atoms with E-state index in [4.69, 9.17) is 9.47 Å². The predicted molar refractivity (Wildman–Crippen MR) is 185 cm³/mol. The smallest absolute Gasteiger partial charge is 0.0780 e. The van der Waals surface area contributed by atoms with E-state index >= 15 is 0 Å². The van der Waals surface area contributed by atoms with Crippen molar-refractivity contribution in [3.05, 3.63) is 24.3 Å². The highest BCUT2D eigenvalue weighted by Crippen LogP contribution is 2.12. The summed E-state index contributed by atoms with van der Waals surface area (Å²) in [5, 5.41) is 0. The summed E-state index contributed by atoms with van der Waals surface area (Å²) in [4.78, 5) is 0. The van der Waals surface area contributed by atoms with Crippen LogP contribution in [0.4, 0.5) is 0 Å². The van der Waals surface area contributed by atoms with E-state index in [0.29, 0.717) is 0 Å². The van der Waals surface area contributed by atoms with Gasteiger partial charge in [-0.1, -0.05) is 154 Å². The third-order valence-electron chi connectivity index (χ3n) is 8.21. The summed E-state index contributed by atoms with van der Waals surface area (Å²) in [5.41, 5.74) is 0. The molecule has 0 aromatic carbocycles. The zero-order valence-electron chi connectivity index (χ0n) is 28.6. The van der Waals surface area contributed by atoms with Crippen LogP contribution in [0.25, 0.3) is 0 Å². The van der Waals surface area contributed by atoms with Crippen molar-refractivity contribution in [1.82, 2.24) is 0 Å². The number of hydrogen-bond acceptors (Lipinski definition) is 2. The molecule has 1 atom stereocenters. The molecular weight excluding hydrogens is 500 g/mol. The first-order valence-electron chi connectivity index (χ1n) is 18.8. The van der Waals surface area contributed by atoms with E-state index in [1.54, 1.807) is 0 Å². The summed E-state index contributed by atoms with van der Waals surface area (Å²) in [7, 11) is 0. The SMILES string of the molecule is CCCCCCCC/C=C\CCCCCCCCOCC(C)OCCCCCCCC/C=C\CCCCCCCC. The van der Waals surface area contributed by atoms with Gasteiger partial charge < -0.3 is 9.47 Å². The maximum Gasteiger partial charge on any atom is 0.0780 e. The second-order valence-corrected chi connectivity index (χ2v) is 12.6. The van der Waals surface area contributed by atoms with Crippen molar-refractivity contribution in [2.75, 3.05) is 19.8 Å². The molecule has 0 spiro atoms. The molecule has 1 unspecified atom stereocenters. The van der Waals surface area contributed by atoms with E-state index in [0.717, 1.165) is 19.8 Å². The molecule has 0 aromatic heterocycles. The number of allylic oxidation sites excluding steroid dienone is 4. The van der Waals surface area contributed by atoms with Crippen LogP contribution in [0.3, 0.4) is 0 Å². The van der Waals surface area contributed by atoms with Crippen molar-refractivity contribution >= 4 is 0 Å². The van der Waals surface area contributed by atoms with Crippen molar-refractivity contribution in [1.29, 1.82) is 0 Å². The Hall–Kier alpha value is -0.600. The first kappa shape index (κ1) is 40.4. The van der Waals surface area contributed by atoms with Gasteiger partial charge in [0.05, 0.1) is 12.7 Å². The minimum absolute atomic E-state index is 0.229. The molecule has 0 rings (SSSR count). The maximum atomic E-state index is 5.95. The second-order valence-electron chi connectivity index (χ2n) is 12.6. The van der Waals surface area contributed by atoms with Gasteiger partial charge in [-0.05, 0) is 71.1 Å². The van der Waals surface area contributed by atoms with Crippen LogP contribution in [-0.4, -0.2) is 25.9 Å². The lowest BCUT2D eigenvalue weighted by Gasteiger charge is -2.13. The van der Waals surface area contributed by atoms with Gasteiger partial charge in [0, 0.05) is 13.2 Å². The van der Waals surface area contributed by atoms with Crippen LogP contribution in [0.2, 0.25) is 0 Å². The van der Waals surface area contributed by atoms with Gasteiger partial charge in [-0.3, -0.25) is 0 Å². The highest BCUT2D eigenvalue weighted by molar-refractivity contribution is 4.82. The molecule has 0 saturated heterocycles. The van der Waals surface area contributed by atoms with Gasteiger partial charge in [0.2, 0.25) is 0 Å². The van der Waals surface area contributed by atoms with Gasteiger partial charge >= 0.3 is 0 Å². The Balaban J connectivity index is 3.21. The molecule has 0 saturated carbocycles. The second kappa shape index (κ2) is 37.4. The van der Waals surface area contributed by atoms with Crippen molar-refractivity contribution in [3.63, 3.8) is 0 Å². The molecule has 0 N–H and O–H groups in total. The molecule has 244 valence electrons. The number of ether oxygens (including phenoxy) is 2. The summed E-state index contributed by atoms with van der Waals surface area (Å²) >= 11 is 0. The Labute approximate surface area is 259 Å². The van der Waals surface area contributed by atoms with Gasteiger partial charge in [-0.15, -0.1) is 0 Å². The Morgan fingerprint density at radius 3 is 1.10 bits per heavy atom. The lowest BCUT2D eigenvalue weighted by atomic mass is 10.1. The topological polar surface area (TPSA) is 18.5 Å². The fourth-order valence-corrected chi connectivity index (χ4v) is 5.38. The molecular formula is C39H76O2. The van der Waals surface area contributed by atoms with Crippen molar-refractivity contribution in [2.45, 2.75) is 207 Å². The zero-order chi connectivity index (χ0) is 29.7. The van der Waals surface area contributed by atoms with E-state index in [1.807, 2.05) is 0 Å². The minimum atomic E-state index is 0.229. The van der Waals surface area contributed by atoms with E-state index in [-0.39, 0.29) is 6.10 Å². The Kier molecular flexibility index (Phi) is 36.9. The molecule has 0 radical (unpaired) electrons. The lowest BCUT2D eigenvalue weighted by molar-refractivity contribution is -0.00869. The van der Waals surface area contributed by atoms with Crippen LogP contribution in [0, 0.1) is 0 Å². The Morgan fingerprint density at radius 1 is 0.390 bits per heavy atom. The molecule has 2 heteroatoms. The highest BCUT2D eigenvalue weighted by Gasteiger charge is 2.02. The fraction of sp³-hybridized carbons (Fsp3) is 0.897. The predicted octanol–water partition coefficient (Wildman–Crippen LogP) is 13.5. The van der Waals surface area contributed by atoms with E-state index in [9.17, 15) is 0 Å². The molecule has 0 aliphatic rings. The summed E-state index contributed by atoms with van der Waals surface area (Å²) in [6.07, 6.45) is 47.8. The normalized spacial score (nSPS) is 12.8. The average molecular weight is 577 g/mol. The summed E-state index contributed by atoms with van der Waals surface area (Å²) in [5.74, 6) is 0. The number of rotatable bonds is 35. The number of hydrogen-bond donors (Lipinski definition) is 0. The fourth-order valence-electron chi connectivity index (χ4n) is 5.38. The van der Waals surface area contributed by atoms with Crippen LogP contribution >= 0.6 is 0 Å². The summed E-state index contributed by atoms with van der Waals surface area (Å²) in [6.45, 7) is 9.26. The first-order valence-corrected chi connectivity index (χ1v) is 18.8. The standard InChI is InChI=1S/C39H76O2/c1-4-6-8-10-12-14-16-18-20-22-24-26-28-30-32-34-36-40-38-39(3)41-37-35-33-31-29-27-25-23-21-19-17-15-13-11-9-7-5-2/h18-21,39H,4-17,22-38H2,1-3H3/b20-18-,21-19-.